The number of nitrogens with zero attached hydrogens (tertiary/aromatic N) is 2. The van der Waals surface area contributed by atoms with Crippen molar-refractivity contribution >= 4 is 17.6 Å². The van der Waals surface area contributed by atoms with E-state index in [1.807, 2.05) is 38.3 Å². The van der Waals surface area contributed by atoms with Crippen molar-refractivity contribution in [2.24, 2.45) is 10.7 Å². The Balaban J connectivity index is 2.25. The summed E-state index contributed by atoms with van der Waals surface area (Å²) in [4.78, 5) is 8.58. The molecule has 0 amide bonds. The molecule has 1 aromatic rings. The van der Waals surface area contributed by atoms with Crippen molar-refractivity contribution in [3.05, 3.63) is 72.3 Å². The van der Waals surface area contributed by atoms with Gasteiger partial charge in [0.2, 0.25) is 0 Å². The monoisotopic (exact) mass is 350 g/mol. The fraction of sp³-hybridized carbons (Fsp3) is 0.238. The number of pyridine rings is 1. The Morgan fingerprint density at radius 2 is 2.27 bits per heavy atom. The Morgan fingerprint density at radius 1 is 1.46 bits per heavy atom. The van der Waals surface area contributed by atoms with E-state index in [-0.39, 0.29) is 5.82 Å². The number of ether oxygens (including phenoxy) is 1. The standard InChI is InChI=1S/C21H26N4O/c1-5-7-17(8-6-2)13-24-21-18-10-12-26-20(18)19(14-25-21)15(3)9-11-23-16(4)22/h5-9,11,14H,1,4,10,12-13,22H2,2-3H3,(H,24,25)/b8-6-,15-9+,17-7+,23-11-. The topological polar surface area (TPSA) is 72.5 Å². The molecule has 5 heteroatoms. The predicted molar refractivity (Wildman–Crippen MR) is 110 cm³/mol. The first-order valence-electron chi connectivity index (χ1n) is 8.55. The summed E-state index contributed by atoms with van der Waals surface area (Å²) in [6, 6.07) is 0. The molecule has 26 heavy (non-hydrogen) atoms. The van der Waals surface area contributed by atoms with Crippen LogP contribution >= 0.6 is 0 Å². The van der Waals surface area contributed by atoms with Crippen molar-refractivity contribution in [1.29, 1.82) is 0 Å². The van der Waals surface area contributed by atoms with Gasteiger partial charge >= 0.3 is 0 Å². The molecule has 5 nitrogen and oxygen atoms in total. The molecule has 1 aromatic heterocycles. The highest BCUT2D eigenvalue weighted by Crippen LogP contribution is 2.37. The van der Waals surface area contributed by atoms with E-state index in [1.165, 1.54) is 0 Å². The molecule has 0 saturated carbocycles. The highest BCUT2D eigenvalue weighted by atomic mass is 16.5. The molecule has 0 bridgehead atoms. The maximum absolute atomic E-state index is 5.87. The predicted octanol–water partition coefficient (Wildman–Crippen LogP) is 4.02. The first-order chi connectivity index (χ1) is 12.6. The van der Waals surface area contributed by atoms with Crippen molar-refractivity contribution in [3.63, 3.8) is 0 Å². The van der Waals surface area contributed by atoms with Gasteiger partial charge in [-0.05, 0) is 31.1 Å². The number of fused-ring (bicyclic) bond motifs is 1. The average molecular weight is 350 g/mol. The summed E-state index contributed by atoms with van der Waals surface area (Å²) in [6.45, 7) is 12.6. The van der Waals surface area contributed by atoms with E-state index in [1.54, 1.807) is 12.3 Å². The van der Waals surface area contributed by atoms with Crippen LogP contribution < -0.4 is 15.8 Å². The minimum Gasteiger partial charge on any atom is -0.492 e. The minimum absolute atomic E-state index is 0.276. The van der Waals surface area contributed by atoms with Crippen molar-refractivity contribution in [1.82, 2.24) is 4.98 Å². The molecular weight excluding hydrogens is 324 g/mol. The Hall–Kier alpha value is -3.08. The summed E-state index contributed by atoms with van der Waals surface area (Å²) >= 11 is 0. The summed E-state index contributed by atoms with van der Waals surface area (Å²) in [5.74, 6) is 2.02. The molecule has 0 spiro atoms. The van der Waals surface area contributed by atoms with Crippen LogP contribution in [0.15, 0.2) is 66.1 Å². The van der Waals surface area contributed by atoms with E-state index in [2.05, 4.69) is 34.5 Å². The van der Waals surface area contributed by atoms with Gasteiger partial charge in [0, 0.05) is 36.5 Å². The lowest BCUT2D eigenvalue weighted by Gasteiger charge is -2.13. The van der Waals surface area contributed by atoms with Crippen LogP contribution in [0, 0.1) is 0 Å². The highest BCUT2D eigenvalue weighted by Gasteiger charge is 2.22. The van der Waals surface area contributed by atoms with Crippen LogP contribution in [0.3, 0.4) is 0 Å². The zero-order valence-corrected chi connectivity index (χ0v) is 15.5. The van der Waals surface area contributed by atoms with Gasteiger partial charge in [-0.1, -0.05) is 37.5 Å². The van der Waals surface area contributed by atoms with Crippen molar-refractivity contribution in [2.75, 3.05) is 18.5 Å². The van der Waals surface area contributed by atoms with E-state index in [4.69, 9.17) is 10.5 Å². The van der Waals surface area contributed by atoms with E-state index in [0.717, 1.165) is 40.3 Å². The smallest absolute Gasteiger partial charge is 0.135 e. The number of hydrogen-bond acceptors (Lipinski definition) is 5. The summed E-state index contributed by atoms with van der Waals surface area (Å²) in [6.07, 6.45) is 14.0. The number of hydrogen-bond donors (Lipinski definition) is 2. The van der Waals surface area contributed by atoms with Crippen LogP contribution in [0.1, 0.15) is 25.0 Å². The Labute approximate surface area is 155 Å². The van der Waals surface area contributed by atoms with Gasteiger partial charge < -0.3 is 15.8 Å². The first-order valence-corrected chi connectivity index (χ1v) is 8.55. The van der Waals surface area contributed by atoms with E-state index < -0.39 is 0 Å². The van der Waals surface area contributed by atoms with Gasteiger partial charge in [0.25, 0.3) is 0 Å². The van der Waals surface area contributed by atoms with Gasteiger partial charge in [-0.2, -0.15) is 0 Å². The summed E-state index contributed by atoms with van der Waals surface area (Å²) in [7, 11) is 0. The van der Waals surface area contributed by atoms with Gasteiger partial charge in [-0.15, -0.1) is 0 Å². The molecule has 0 fully saturated rings. The van der Waals surface area contributed by atoms with Crippen LogP contribution in [-0.4, -0.2) is 24.4 Å². The normalized spacial score (nSPS) is 14.5. The van der Waals surface area contributed by atoms with Gasteiger partial charge in [-0.25, -0.2) is 9.98 Å². The second-order valence-electron chi connectivity index (χ2n) is 5.88. The van der Waals surface area contributed by atoms with Gasteiger partial charge in [0.1, 0.15) is 17.4 Å². The molecule has 0 atom stereocenters. The molecule has 2 heterocycles. The minimum atomic E-state index is 0.276. The number of allylic oxidation sites excluding steroid dienone is 5. The number of rotatable bonds is 8. The summed E-state index contributed by atoms with van der Waals surface area (Å²) < 4.78 is 5.87. The van der Waals surface area contributed by atoms with Crippen LogP contribution in [0.5, 0.6) is 5.75 Å². The second kappa shape index (κ2) is 9.42. The van der Waals surface area contributed by atoms with E-state index >= 15 is 0 Å². The van der Waals surface area contributed by atoms with E-state index in [0.29, 0.717) is 13.2 Å². The SMILES string of the molecule is C=C/C=C(\C=C/C)CNc1ncc(/C(C)=C/C=N\C(=C)N)c2c1CCO2. The molecule has 0 unspecified atom stereocenters. The number of aromatic nitrogens is 1. The molecular formula is C21H26N4O. The average Bonchev–Trinajstić information content (AvgIpc) is 3.09. The Bertz CT molecular complexity index is 800. The van der Waals surface area contributed by atoms with Crippen LogP contribution in [0.4, 0.5) is 5.82 Å². The van der Waals surface area contributed by atoms with Crippen molar-refractivity contribution in [3.8, 4) is 5.75 Å². The quantitative estimate of drug-likeness (QED) is 0.549. The summed E-state index contributed by atoms with van der Waals surface area (Å²) in [5.41, 5.74) is 9.66. The number of nitrogens with two attached hydrogens (primary N) is 1. The molecule has 0 radical (unpaired) electrons. The zero-order chi connectivity index (χ0) is 18.9. The molecule has 3 N–H and O–H groups in total. The third-order valence-corrected chi connectivity index (χ3v) is 3.89. The third kappa shape index (κ3) is 4.96. The lowest BCUT2D eigenvalue weighted by atomic mass is 10.0. The lowest BCUT2D eigenvalue weighted by Crippen LogP contribution is -2.07. The Morgan fingerprint density at radius 3 is 2.96 bits per heavy atom. The molecule has 1 aliphatic rings. The van der Waals surface area contributed by atoms with Crippen molar-refractivity contribution in [2.45, 2.75) is 20.3 Å². The maximum atomic E-state index is 5.87. The number of anilines is 1. The molecule has 2 rings (SSSR count). The zero-order valence-electron chi connectivity index (χ0n) is 15.5. The number of nitrogens with one attached hydrogen (secondary N) is 1. The molecule has 136 valence electrons. The highest BCUT2D eigenvalue weighted by molar-refractivity contribution is 5.86. The van der Waals surface area contributed by atoms with Crippen LogP contribution in [0.2, 0.25) is 0 Å². The molecule has 1 aliphatic heterocycles. The third-order valence-electron chi connectivity index (χ3n) is 3.89. The second-order valence-corrected chi connectivity index (χ2v) is 5.88. The van der Waals surface area contributed by atoms with Crippen molar-refractivity contribution < 1.29 is 4.74 Å². The fourth-order valence-electron chi connectivity index (χ4n) is 2.68. The fourth-order valence-corrected chi connectivity index (χ4v) is 2.68. The van der Waals surface area contributed by atoms with Gasteiger partial charge in [0.15, 0.2) is 0 Å². The first kappa shape index (κ1) is 19.2. The molecule has 0 aromatic carbocycles. The lowest BCUT2D eigenvalue weighted by molar-refractivity contribution is 0.356. The summed E-state index contributed by atoms with van der Waals surface area (Å²) in [5, 5.41) is 3.41. The van der Waals surface area contributed by atoms with Crippen LogP contribution in [0.25, 0.3) is 5.57 Å². The van der Waals surface area contributed by atoms with Gasteiger partial charge in [0.05, 0.1) is 6.61 Å². The largest absolute Gasteiger partial charge is 0.492 e. The Kier molecular flexibility index (Phi) is 6.97. The van der Waals surface area contributed by atoms with E-state index in [9.17, 15) is 0 Å². The number of aliphatic imine (C=N–C) groups is 1. The molecule has 0 saturated heterocycles. The molecule has 0 aliphatic carbocycles. The van der Waals surface area contributed by atoms with Gasteiger partial charge in [-0.3, -0.25) is 0 Å². The van der Waals surface area contributed by atoms with Crippen LogP contribution in [-0.2, 0) is 6.42 Å². The maximum Gasteiger partial charge on any atom is 0.135 e.